The van der Waals surface area contributed by atoms with Crippen LogP contribution in [0.2, 0.25) is 0 Å². The van der Waals surface area contributed by atoms with E-state index in [9.17, 15) is 4.79 Å². The van der Waals surface area contributed by atoms with E-state index in [4.69, 9.17) is 21.7 Å². The van der Waals surface area contributed by atoms with E-state index in [-0.39, 0.29) is 12.0 Å². The third kappa shape index (κ3) is 4.63. The van der Waals surface area contributed by atoms with Crippen molar-refractivity contribution in [3.05, 3.63) is 46.5 Å². The lowest BCUT2D eigenvalue weighted by Crippen LogP contribution is -2.27. The maximum absolute atomic E-state index is 13.0. The number of anilines is 1. The summed E-state index contributed by atoms with van der Waals surface area (Å²) in [5.74, 6) is 1.08. The van der Waals surface area contributed by atoms with E-state index in [2.05, 4.69) is 15.5 Å². The summed E-state index contributed by atoms with van der Waals surface area (Å²) in [5.41, 5.74) is 0.623. The van der Waals surface area contributed by atoms with Gasteiger partial charge in [0.2, 0.25) is 5.91 Å². The molecule has 30 heavy (non-hydrogen) atoms. The zero-order valence-corrected chi connectivity index (χ0v) is 18.3. The molecular weight excluding hydrogens is 420 g/mol. The Bertz CT molecular complexity index is 1040. The van der Waals surface area contributed by atoms with Crippen LogP contribution in [0.15, 0.2) is 41.8 Å². The van der Waals surface area contributed by atoms with Crippen LogP contribution < -0.4 is 10.1 Å². The van der Waals surface area contributed by atoms with Gasteiger partial charge in [-0.1, -0.05) is 18.2 Å². The number of aromatic amines is 1. The molecule has 3 heterocycles. The number of nitrogens with zero attached hydrogens (tertiary/aromatic N) is 2. The second-order valence-corrected chi connectivity index (χ2v) is 8.50. The fourth-order valence-corrected chi connectivity index (χ4v) is 4.42. The predicted molar refractivity (Wildman–Crippen MR) is 120 cm³/mol. The first-order valence-corrected chi connectivity index (χ1v) is 11.3. The summed E-state index contributed by atoms with van der Waals surface area (Å²) < 4.78 is 13.8. The number of nitrogens with one attached hydrogen (secondary N) is 2. The van der Waals surface area contributed by atoms with Gasteiger partial charge < -0.3 is 14.8 Å². The molecule has 1 saturated heterocycles. The number of H-pyrrole nitrogens is 1. The second kappa shape index (κ2) is 9.55. The minimum atomic E-state index is -0.553. The molecule has 0 bridgehead atoms. The molecule has 1 aliphatic heterocycles. The molecule has 1 aliphatic rings. The average molecular weight is 445 g/mol. The predicted octanol–water partition coefficient (Wildman–Crippen LogP) is 4.82. The van der Waals surface area contributed by atoms with Crippen molar-refractivity contribution in [1.29, 1.82) is 0 Å². The van der Waals surface area contributed by atoms with Crippen LogP contribution in [0.5, 0.6) is 5.75 Å². The van der Waals surface area contributed by atoms with Gasteiger partial charge in [0.15, 0.2) is 10.6 Å². The Labute approximate surface area is 184 Å². The van der Waals surface area contributed by atoms with Crippen molar-refractivity contribution in [2.75, 3.05) is 18.5 Å². The van der Waals surface area contributed by atoms with Gasteiger partial charge in [0.25, 0.3) is 0 Å². The van der Waals surface area contributed by atoms with Crippen LogP contribution in [-0.4, -0.2) is 40.0 Å². The van der Waals surface area contributed by atoms with Crippen molar-refractivity contribution in [2.45, 2.75) is 38.3 Å². The average Bonchev–Trinajstić information content (AvgIpc) is 3.43. The Morgan fingerprint density at radius 2 is 2.27 bits per heavy atom. The number of carbonyl (C=O) groups excluding carboxylic acids is 1. The van der Waals surface area contributed by atoms with Crippen LogP contribution >= 0.6 is 23.6 Å². The number of thiophene rings is 1. The third-order valence-corrected chi connectivity index (χ3v) is 6.21. The van der Waals surface area contributed by atoms with Crippen LogP contribution in [0.25, 0.3) is 10.7 Å². The number of ether oxygens (including phenoxy) is 2. The minimum Gasteiger partial charge on any atom is -0.489 e. The molecule has 0 radical (unpaired) electrons. The van der Waals surface area contributed by atoms with Crippen LogP contribution in [-0.2, 0) is 9.53 Å². The van der Waals surface area contributed by atoms with Crippen LogP contribution in [0.3, 0.4) is 0 Å². The zero-order chi connectivity index (χ0) is 20.9. The molecule has 2 unspecified atom stereocenters. The summed E-state index contributed by atoms with van der Waals surface area (Å²) in [6.45, 7) is 3.05. The lowest BCUT2D eigenvalue weighted by atomic mass is 10.1. The first-order chi connectivity index (χ1) is 14.6. The highest BCUT2D eigenvalue weighted by atomic mass is 32.1. The fourth-order valence-electron chi connectivity index (χ4n) is 3.42. The molecule has 1 amide bonds. The summed E-state index contributed by atoms with van der Waals surface area (Å²) in [6.07, 6.45) is 3.35. The summed E-state index contributed by atoms with van der Waals surface area (Å²) in [5, 5.41) is 12.0. The summed E-state index contributed by atoms with van der Waals surface area (Å²) in [7, 11) is 0. The monoisotopic (exact) mass is 444 g/mol. The smallest absolute Gasteiger partial charge is 0.247 e. The summed E-state index contributed by atoms with van der Waals surface area (Å²) in [6, 6.07) is 10.8. The second-order valence-electron chi connectivity index (χ2n) is 7.16. The molecule has 2 N–H and O–H groups in total. The number of aromatic nitrogens is 3. The Hall–Kier alpha value is -2.49. The molecule has 7 nitrogen and oxygen atoms in total. The SMILES string of the molecule is CC(C(=O)Nc1ccccc1OCC1CCCCO1)n1c(-c2cccs2)n[nH]c1=S. The summed E-state index contributed by atoms with van der Waals surface area (Å²) >= 11 is 6.92. The van der Waals surface area contributed by atoms with Crippen LogP contribution in [0, 0.1) is 4.77 Å². The summed E-state index contributed by atoms with van der Waals surface area (Å²) in [4.78, 5) is 14.0. The van der Waals surface area contributed by atoms with E-state index < -0.39 is 6.04 Å². The molecule has 1 aromatic carbocycles. The van der Waals surface area contributed by atoms with Gasteiger partial charge in [-0.05, 0) is 62.0 Å². The number of benzene rings is 1. The van der Waals surface area contributed by atoms with Crippen molar-refractivity contribution in [3.63, 3.8) is 0 Å². The zero-order valence-electron chi connectivity index (χ0n) is 16.7. The van der Waals surface area contributed by atoms with E-state index in [0.717, 1.165) is 30.7 Å². The molecule has 0 saturated carbocycles. The van der Waals surface area contributed by atoms with Gasteiger partial charge in [-0.3, -0.25) is 14.5 Å². The lowest BCUT2D eigenvalue weighted by molar-refractivity contribution is -0.118. The number of hydrogen-bond acceptors (Lipinski definition) is 6. The first-order valence-electron chi connectivity index (χ1n) is 9.98. The van der Waals surface area contributed by atoms with Crippen molar-refractivity contribution in [1.82, 2.24) is 14.8 Å². The molecule has 0 spiro atoms. The highest BCUT2D eigenvalue weighted by Gasteiger charge is 2.22. The van der Waals surface area contributed by atoms with Gasteiger partial charge in [-0.2, -0.15) is 5.10 Å². The normalized spacial score (nSPS) is 17.4. The maximum atomic E-state index is 13.0. The van der Waals surface area contributed by atoms with Crippen LogP contribution in [0.4, 0.5) is 5.69 Å². The maximum Gasteiger partial charge on any atom is 0.247 e. The molecule has 3 aromatic rings. The Kier molecular flexibility index (Phi) is 6.61. The Morgan fingerprint density at radius 3 is 3.03 bits per heavy atom. The number of amides is 1. The third-order valence-electron chi connectivity index (χ3n) is 5.06. The van der Waals surface area contributed by atoms with Crippen LogP contribution in [0.1, 0.15) is 32.2 Å². The standard InChI is InChI=1S/C21H24N4O3S2/c1-14(25-19(23-24-21(25)29)18-10-6-12-30-18)20(26)22-16-8-2-3-9-17(16)28-13-15-7-4-5-11-27-15/h2-3,6,8-10,12,14-15H,4-5,7,11,13H2,1H3,(H,22,26)(H,24,29). The number of hydrogen-bond donors (Lipinski definition) is 2. The van der Waals surface area contributed by atoms with Gasteiger partial charge in [-0.25, -0.2) is 0 Å². The Morgan fingerprint density at radius 1 is 1.40 bits per heavy atom. The molecule has 2 atom stereocenters. The highest BCUT2D eigenvalue weighted by molar-refractivity contribution is 7.71. The quantitative estimate of drug-likeness (QED) is 0.511. The number of rotatable bonds is 7. The van der Waals surface area contributed by atoms with Crippen molar-refractivity contribution >= 4 is 35.1 Å². The van der Waals surface area contributed by atoms with Gasteiger partial charge in [0.1, 0.15) is 18.4 Å². The first kappa shape index (κ1) is 20.8. The van der Waals surface area contributed by atoms with Gasteiger partial charge in [0, 0.05) is 6.61 Å². The number of carbonyl (C=O) groups is 1. The van der Waals surface area contributed by atoms with E-state index in [1.165, 1.54) is 0 Å². The van der Waals surface area contributed by atoms with Gasteiger partial charge in [0.05, 0.1) is 16.7 Å². The minimum absolute atomic E-state index is 0.0963. The van der Waals surface area contributed by atoms with Crippen molar-refractivity contribution < 1.29 is 14.3 Å². The fraction of sp³-hybridized carbons (Fsp3) is 0.381. The Balaban J connectivity index is 1.48. The van der Waals surface area contributed by atoms with E-state index in [1.54, 1.807) is 22.8 Å². The highest BCUT2D eigenvalue weighted by Crippen LogP contribution is 2.28. The topological polar surface area (TPSA) is 81.2 Å². The largest absolute Gasteiger partial charge is 0.489 e. The molecule has 2 aromatic heterocycles. The molecule has 1 fully saturated rings. The lowest BCUT2D eigenvalue weighted by Gasteiger charge is -2.23. The van der Waals surface area contributed by atoms with E-state index in [0.29, 0.717) is 28.6 Å². The molecule has 4 rings (SSSR count). The van der Waals surface area contributed by atoms with Gasteiger partial charge >= 0.3 is 0 Å². The van der Waals surface area contributed by atoms with Gasteiger partial charge in [-0.15, -0.1) is 11.3 Å². The van der Waals surface area contributed by atoms with E-state index >= 15 is 0 Å². The molecule has 9 heteroatoms. The van der Waals surface area contributed by atoms with E-state index in [1.807, 2.05) is 41.8 Å². The molecule has 0 aliphatic carbocycles. The van der Waals surface area contributed by atoms with Crippen molar-refractivity contribution in [2.24, 2.45) is 0 Å². The molecular formula is C21H24N4O3S2. The number of para-hydroxylation sites is 2. The molecule has 158 valence electrons. The van der Waals surface area contributed by atoms with Crippen molar-refractivity contribution in [3.8, 4) is 16.5 Å².